The summed E-state index contributed by atoms with van der Waals surface area (Å²) in [5.74, 6) is 0.695. The monoisotopic (exact) mass is 655 g/mol. The summed E-state index contributed by atoms with van der Waals surface area (Å²) in [5.41, 5.74) is 11.8. The first-order valence-electron chi connectivity index (χ1n) is 17.5. The van der Waals surface area contributed by atoms with Crippen molar-refractivity contribution in [2.45, 2.75) is 20.3 Å². The number of nitrogens with zero attached hydrogens (tertiary/aromatic N) is 3. The molecule has 0 unspecified atom stereocenters. The average Bonchev–Trinajstić information content (AvgIpc) is 3.21. The Morgan fingerprint density at radius 1 is 0.549 bits per heavy atom. The molecule has 0 N–H and O–H groups in total. The van der Waals surface area contributed by atoms with E-state index in [9.17, 15) is 0 Å². The van der Waals surface area contributed by atoms with Crippen LogP contribution in [-0.2, 0) is 0 Å². The minimum Gasteiger partial charge on any atom is -0.264 e. The third-order valence-corrected chi connectivity index (χ3v) is 9.55. The van der Waals surface area contributed by atoms with Crippen LogP contribution in [0.25, 0.3) is 78.6 Å². The Labute approximate surface area is 299 Å². The van der Waals surface area contributed by atoms with Gasteiger partial charge in [0.05, 0.1) is 11.4 Å². The van der Waals surface area contributed by atoms with Crippen LogP contribution < -0.4 is 10.4 Å². The maximum Gasteiger partial charge on any atom is 0.160 e. The van der Waals surface area contributed by atoms with Crippen molar-refractivity contribution < 1.29 is 0 Å². The molecule has 0 aliphatic heterocycles. The van der Waals surface area contributed by atoms with E-state index < -0.39 is 0 Å². The van der Waals surface area contributed by atoms with Crippen molar-refractivity contribution in [3.63, 3.8) is 0 Å². The fourth-order valence-corrected chi connectivity index (χ4v) is 6.80. The van der Waals surface area contributed by atoms with Gasteiger partial charge in [-0.1, -0.05) is 159 Å². The molecule has 0 radical (unpaired) electrons. The van der Waals surface area contributed by atoms with Gasteiger partial charge in [-0.2, -0.15) is 0 Å². The predicted molar refractivity (Wildman–Crippen MR) is 213 cm³/mol. The zero-order valence-corrected chi connectivity index (χ0v) is 28.8. The lowest BCUT2D eigenvalue weighted by atomic mass is 9.97. The largest absolute Gasteiger partial charge is 0.264 e. The summed E-state index contributed by atoms with van der Waals surface area (Å²) in [7, 11) is 0. The number of fused-ring (bicyclic) bond motifs is 1. The summed E-state index contributed by atoms with van der Waals surface area (Å²) in [6.45, 7) is 4.38. The Morgan fingerprint density at radius 2 is 1.18 bits per heavy atom. The lowest BCUT2D eigenvalue weighted by molar-refractivity contribution is 1.18. The summed E-state index contributed by atoms with van der Waals surface area (Å²) in [6, 6.07) is 55.7. The van der Waals surface area contributed by atoms with Gasteiger partial charge in [0.1, 0.15) is 0 Å². The first-order chi connectivity index (χ1) is 25.1. The molecule has 8 rings (SSSR count). The van der Waals surface area contributed by atoms with Gasteiger partial charge in [0.25, 0.3) is 0 Å². The highest BCUT2D eigenvalue weighted by atomic mass is 14.9. The van der Waals surface area contributed by atoms with Crippen molar-refractivity contribution >= 4 is 22.4 Å². The molecule has 0 bridgehead atoms. The van der Waals surface area contributed by atoms with Crippen LogP contribution in [0.5, 0.6) is 0 Å². The number of hydrogen-bond donors (Lipinski definition) is 0. The van der Waals surface area contributed by atoms with Gasteiger partial charge in [-0.25, -0.2) is 9.97 Å². The van der Waals surface area contributed by atoms with Crippen LogP contribution in [0.2, 0.25) is 0 Å². The summed E-state index contributed by atoms with van der Waals surface area (Å²) >= 11 is 0. The third kappa shape index (κ3) is 6.62. The molecule has 0 fully saturated rings. The zero-order valence-electron chi connectivity index (χ0n) is 28.8. The Hall–Kier alpha value is -6.45. The molecule has 0 aliphatic rings. The molecule has 0 saturated heterocycles. The molecular weight excluding hydrogens is 619 g/mol. The minimum atomic E-state index is 0.695. The normalized spacial score (nSPS) is 12.2. The lowest BCUT2D eigenvalue weighted by Crippen LogP contribution is -2.26. The summed E-state index contributed by atoms with van der Waals surface area (Å²) in [4.78, 5) is 14.6. The standard InChI is InChI=1S/C48H37N3/c1-3-10-36-11-4-6-15-43(36)33(2)34-18-28-41(29-19-34)48-50-46(39-24-20-35(21-25-39)42-14-9-30-49-32-42)31-47(51-48)40-26-22-38(23-27-40)45-17-8-13-37-12-5-7-16-44(37)45/h4-32H,3H2,1-2H3/b36-10-,43-33+. The molecule has 51 heavy (non-hydrogen) atoms. The van der Waals surface area contributed by atoms with Gasteiger partial charge in [0.15, 0.2) is 5.82 Å². The van der Waals surface area contributed by atoms with E-state index in [-0.39, 0.29) is 0 Å². The van der Waals surface area contributed by atoms with Crippen LogP contribution >= 0.6 is 0 Å². The second-order valence-corrected chi connectivity index (χ2v) is 12.8. The van der Waals surface area contributed by atoms with E-state index in [0.29, 0.717) is 5.82 Å². The first-order valence-corrected chi connectivity index (χ1v) is 17.5. The van der Waals surface area contributed by atoms with E-state index in [2.05, 4.69) is 177 Å². The summed E-state index contributed by atoms with van der Waals surface area (Å²) in [5, 5.41) is 5.01. The molecule has 244 valence electrons. The minimum absolute atomic E-state index is 0.695. The van der Waals surface area contributed by atoms with Gasteiger partial charge < -0.3 is 0 Å². The first kappa shape index (κ1) is 31.8. The molecule has 0 amide bonds. The van der Waals surface area contributed by atoms with Crippen molar-refractivity contribution in [3.8, 4) is 56.2 Å². The molecular formula is C48H37N3. The van der Waals surface area contributed by atoms with Gasteiger partial charge >= 0.3 is 0 Å². The van der Waals surface area contributed by atoms with Crippen molar-refractivity contribution in [1.29, 1.82) is 0 Å². The van der Waals surface area contributed by atoms with Crippen LogP contribution in [0.3, 0.4) is 0 Å². The van der Waals surface area contributed by atoms with Gasteiger partial charge in [-0.05, 0) is 80.1 Å². The van der Waals surface area contributed by atoms with Gasteiger partial charge in [0.2, 0.25) is 0 Å². The highest BCUT2D eigenvalue weighted by Gasteiger charge is 2.13. The van der Waals surface area contributed by atoms with Crippen LogP contribution in [0.4, 0.5) is 0 Å². The quantitative estimate of drug-likeness (QED) is 0.172. The summed E-state index contributed by atoms with van der Waals surface area (Å²) in [6.07, 6.45) is 6.97. The van der Waals surface area contributed by atoms with E-state index in [1.165, 1.54) is 43.5 Å². The molecule has 8 aromatic rings. The van der Waals surface area contributed by atoms with Gasteiger partial charge in [-0.15, -0.1) is 0 Å². The highest BCUT2D eigenvalue weighted by Crippen LogP contribution is 2.33. The third-order valence-electron chi connectivity index (χ3n) is 9.55. The number of pyridine rings is 1. The Balaban J connectivity index is 1.20. The molecule has 3 heteroatoms. The van der Waals surface area contributed by atoms with E-state index in [1.54, 1.807) is 6.20 Å². The van der Waals surface area contributed by atoms with Crippen LogP contribution in [-0.4, -0.2) is 15.0 Å². The fourth-order valence-electron chi connectivity index (χ4n) is 6.80. The SMILES string of the molecule is CC/C=c1/cccc/c1=C(/C)c1ccc(-c2nc(-c3ccc(-c4cccnc4)cc3)cc(-c3ccc(-c4cccc5ccccc45)cc3)n2)cc1. The van der Waals surface area contributed by atoms with E-state index in [1.807, 2.05) is 12.3 Å². The maximum absolute atomic E-state index is 5.16. The second kappa shape index (κ2) is 14.2. The summed E-state index contributed by atoms with van der Waals surface area (Å²) < 4.78 is 0. The lowest BCUT2D eigenvalue weighted by Gasteiger charge is -2.12. The zero-order chi connectivity index (χ0) is 34.6. The smallest absolute Gasteiger partial charge is 0.160 e. The number of benzene rings is 6. The van der Waals surface area contributed by atoms with Crippen molar-refractivity contribution in [3.05, 3.63) is 186 Å². The fraction of sp³-hybridized carbons (Fsp3) is 0.0625. The number of hydrogen-bond acceptors (Lipinski definition) is 3. The molecule has 2 aromatic heterocycles. The number of aromatic nitrogens is 3. The van der Waals surface area contributed by atoms with Gasteiger partial charge in [-0.3, -0.25) is 4.98 Å². The maximum atomic E-state index is 5.16. The Bertz CT molecular complexity index is 2580. The number of rotatable bonds is 7. The van der Waals surface area contributed by atoms with E-state index in [4.69, 9.17) is 9.97 Å². The van der Waals surface area contributed by atoms with E-state index in [0.717, 1.165) is 45.6 Å². The van der Waals surface area contributed by atoms with E-state index >= 15 is 0 Å². The molecule has 0 aliphatic carbocycles. The molecule has 6 aromatic carbocycles. The van der Waals surface area contributed by atoms with Crippen molar-refractivity contribution in [2.24, 2.45) is 0 Å². The average molecular weight is 656 g/mol. The predicted octanol–water partition coefficient (Wildman–Crippen LogP) is 10.8. The van der Waals surface area contributed by atoms with Crippen molar-refractivity contribution in [1.82, 2.24) is 15.0 Å². The van der Waals surface area contributed by atoms with Crippen LogP contribution in [0.15, 0.2) is 170 Å². The molecule has 0 atom stereocenters. The second-order valence-electron chi connectivity index (χ2n) is 12.8. The topological polar surface area (TPSA) is 38.7 Å². The highest BCUT2D eigenvalue weighted by molar-refractivity contribution is 5.96. The Morgan fingerprint density at radius 3 is 1.88 bits per heavy atom. The van der Waals surface area contributed by atoms with Gasteiger partial charge in [0, 0.05) is 29.1 Å². The molecule has 0 saturated carbocycles. The van der Waals surface area contributed by atoms with Crippen LogP contribution in [0.1, 0.15) is 25.8 Å². The Kier molecular flexibility index (Phi) is 8.84. The van der Waals surface area contributed by atoms with Crippen molar-refractivity contribution in [2.75, 3.05) is 0 Å². The molecule has 3 nitrogen and oxygen atoms in total. The molecule has 0 spiro atoms. The molecule has 2 heterocycles. The van der Waals surface area contributed by atoms with Crippen LogP contribution in [0, 0.1) is 0 Å².